The van der Waals surface area contributed by atoms with Crippen LogP contribution in [0.5, 0.6) is 0 Å². The molecule has 1 aliphatic carbocycles. The highest BCUT2D eigenvalue weighted by Crippen LogP contribution is 2.29. The van der Waals surface area contributed by atoms with Crippen molar-refractivity contribution in [2.45, 2.75) is 25.3 Å². The summed E-state index contributed by atoms with van der Waals surface area (Å²) in [5.74, 6) is -0.190. The second-order valence-electron chi connectivity index (χ2n) is 3.83. The molecular weight excluding hydrogens is 179 g/mol. The quantitative estimate of drug-likeness (QED) is 0.745. The minimum Gasteiger partial charge on any atom is -0.329 e. The van der Waals surface area contributed by atoms with Gasteiger partial charge in [0, 0.05) is 12.6 Å². The van der Waals surface area contributed by atoms with Crippen LogP contribution in [-0.4, -0.2) is 6.54 Å². The lowest BCUT2D eigenvalue weighted by molar-refractivity contribution is 0.617. The third-order valence-electron chi connectivity index (χ3n) is 2.87. The topological polar surface area (TPSA) is 52.0 Å². The molecule has 0 radical (unpaired) electrons. The van der Waals surface area contributed by atoms with E-state index in [0.29, 0.717) is 6.54 Å². The maximum atomic E-state index is 13.2. The first-order chi connectivity index (χ1) is 6.72. The number of benzene rings is 1. The predicted octanol–water partition coefficient (Wildman–Crippen LogP) is 1.27. The first-order valence-electron chi connectivity index (χ1n) is 4.99. The van der Waals surface area contributed by atoms with Crippen LogP contribution >= 0.6 is 0 Å². The Bertz CT molecular complexity index is 349. The number of aryl methyl sites for hydroxylation is 1. The summed E-state index contributed by atoms with van der Waals surface area (Å²) in [5, 5.41) is 0. The summed E-state index contributed by atoms with van der Waals surface area (Å²) in [6, 6.07) is 2.93. The molecule has 76 valence electrons. The summed E-state index contributed by atoms with van der Waals surface area (Å²) in [6.07, 6.45) is 3.08. The van der Waals surface area contributed by atoms with Crippen LogP contribution in [0.3, 0.4) is 0 Å². The van der Waals surface area contributed by atoms with E-state index < -0.39 is 0 Å². The van der Waals surface area contributed by atoms with Crippen molar-refractivity contribution in [1.29, 1.82) is 0 Å². The molecule has 0 heterocycles. The molecule has 0 bridgehead atoms. The summed E-state index contributed by atoms with van der Waals surface area (Å²) in [7, 11) is 0. The molecule has 0 saturated carbocycles. The van der Waals surface area contributed by atoms with Gasteiger partial charge in [0.1, 0.15) is 5.82 Å². The summed E-state index contributed by atoms with van der Waals surface area (Å²) in [4.78, 5) is 0. The molecular formula is C11H15FN2. The van der Waals surface area contributed by atoms with E-state index in [1.807, 2.05) is 0 Å². The second-order valence-corrected chi connectivity index (χ2v) is 3.83. The minimum absolute atomic E-state index is 0.190. The zero-order valence-electron chi connectivity index (χ0n) is 8.09. The van der Waals surface area contributed by atoms with Crippen molar-refractivity contribution in [3.63, 3.8) is 0 Å². The number of halogens is 1. The highest BCUT2D eigenvalue weighted by Gasteiger charge is 2.19. The summed E-state index contributed by atoms with van der Waals surface area (Å²) < 4.78 is 13.2. The fourth-order valence-corrected chi connectivity index (χ4v) is 2.16. The van der Waals surface area contributed by atoms with Gasteiger partial charge >= 0.3 is 0 Å². The molecule has 0 aromatic heterocycles. The Morgan fingerprint density at radius 2 is 2.14 bits per heavy atom. The molecule has 3 heteroatoms. The van der Waals surface area contributed by atoms with E-state index in [0.717, 1.165) is 30.4 Å². The van der Waals surface area contributed by atoms with Crippen LogP contribution in [0.4, 0.5) is 4.39 Å². The van der Waals surface area contributed by atoms with Crippen molar-refractivity contribution in [3.8, 4) is 0 Å². The van der Waals surface area contributed by atoms with Crippen LogP contribution in [0.1, 0.15) is 29.2 Å². The monoisotopic (exact) mass is 194 g/mol. The molecule has 0 fully saturated rings. The summed E-state index contributed by atoms with van der Waals surface area (Å²) in [6.45, 7) is 0.371. The molecule has 1 aromatic rings. The largest absolute Gasteiger partial charge is 0.329 e. The highest BCUT2D eigenvalue weighted by atomic mass is 19.1. The Labute approximate surface area is 83.1 Å². The van der Waals surface area contributed by atoms with Gasteiger partial charge in [0.05, 0.1) is 0 Å². The smallest absolute Gasteiger partial charge is 0.123 e. The molecule has 0 spiro atoms. The van der Waals surface area contributed by atoms with Gasteiger partial charge in [-0.25, -0.2) is 4.39 Å². The van der Waals surface area contributed by atoms with Crippen molar-refractivity contribution in [2.75, 3.05) is 6.54 Å². The Hall–Kier alpha value is -0.930. The van der Waals surface area contributed by atoms with Crippen LogP contribution in [0.25, 0.3) is 0 Å². The van der Waals surface area contributed by atoms with Crippen molar-refractivity contribution in [2.24, 2.45) is 11.5 Å². The van der Waals surface area contributed by atoms with Crippen molar-refractivity contribution < 1.29 is 4.39 Å². The van der Waals surface area contributed by atoms with Crippen LogP contribution < -0.4 is 11.5 Å². The summed E-state index contributed by atoms with van der Waals surface area (Å²) >= 11 is 0. The zero-order valence-corrected chi connectivity index (χ0v) is 8.09. The average Bonchev–Trinajstić information content (AvgIpc) is 2.62. The van der Waals surface area contributed by atoms with Crippen LogP contribution in [0.2, 0.25) is 0 Å². The van der Waals surface area contributed by atoms with Crippen molar-refractivity contribution in [3.05, 3.63) is 34.6 Å². The van der Waals surface area contributed by atoms with Crippen LogP contribution in [-0.2, 0) is 12.8 Å². The number of nitrogens with two attached hydrogens (primary N) is 2. The minimum atomic E-state index is -0.224. The first kappa shape index (κ1) is 9.62. The molecule has 0 amide bonds. The van der Waals surface area contributed by atoms with E-state index in [2.05, 4.69) is 0 Å². The number of hydrogen-bond donors (Lipinski definition) is 2. The number of hydrogen-bond acceptors (Lipinski definition) is 2. The Morgan fingerprint density at radius 3 is 2.86 bits per heavy atom. The Kier molecular flexibility index (Phi) is 2.52. The molecule has 0 aliphatic heterocycles. The van der Waals surface area contributed by atoms with E-state index in [-0.39, 0.29) is 11.9 Å². The van der Waals surface area contributed by atoms with E-state index in [1.165, 1.54) is 11.6 Å². The maximum Gasteiger partial charge on any atom is 0.123 e. The second kappa shape index (κ2) is 3.67. The number of fused-ring (bicyclic) bond motifs is 1. The van der Waals surface area contributed by atoms with Gasteiger partial charge in [-0.05, 0) is 48.1 Å². The van der Waals surface area contributed by atoms with Gasteiger partial charge in [-0.1, -0.05) is 0 Å². The lowest BCUT2D eigenvalue weighted by Gasteiger charge is -2.14. The van der Waals surface area contributed by atoms with Crippen molar-refractivity contribution in [1.82, 2.24) is 0 Å². The highest BCUT2D eigenvalue weighted by molar-refractivity contribution is 5.40. The van der Waals surface area contributed by atoms with Gasteiger partial charge < -0.3 is 11.5 Å². The standard InChI is InChI=1S/C11H15FN2/c12-8-4-7-2-1-3-9(7)10(5-8)11(14)6-13/h4-5,11H,1-3,6,13-14H2/t11-/m1/s1. The van der Waals surface area contributed by atoms with Gasteiger partial charge in [0.2, 0.25) is 0 Å². The first-order valence-corrected chi connectivity index (χ1v) is 4.99. The van der Waals surface area contributed by atoms with Crippen LogP contribution in [0, 0.1) is 5.82 Å². The fourth-order valence-electron chi connectivity index (χ4n) is 2.16. The normalized spacial score (nSPS) is 16.8. The van der Waals surface area contributed by atoms with E-state index >= 15 is 0 Å². The van der Waals surface area contributed by atoms with E-state index in [1.54, 1.807) is 6.07 Å². The third-order valence-corrected chi connectivity index (χ3v) is 2.87. The lowest BCUT2D eigenvalue weighted by atomic mass is 9.97. The Morgan fingerprint density at radius 1 is 1.36 bits per heavy atom. The molecule has 4 N–H and O–H groups in total. The molecule has 1 aliphatic rings. The lowest BCUT2D eigenvalue weighted by Crippen LogP contribution is -2.22. The molecule has 14 heavy (non-hydrogen) atoms. The SMILES string of the molecule is NC[C@@H](N)c1cc(F)cc2c1CCC2. The average molecular weight is 194 g/mol. The van der Waals surface area contributed by atoms with Gasteiger partial charge in [-0.2, -0.15) is 0 Å². The van der Waals surface area contributed by atoms with E-state index in [4.69, 9.17) is 11.5 Å². The van der Waals surface area contributed by atoms with Crippen LogP contribution in [0.15, 0.2) is 12.1 Å². The van der Waals surface area contributed by atoms with Gasteiger partial charge in [-0.15, -0.1) is 0 Å². The molecule has 1 atom stereocenters. The van der Waals surface area contributed by atoms with E-state index in [9.17, 15) is 4.39 Å². The molecule has 0 saturated heterocycles. The molecule has 1 aromatic carbocycles. The third kappa shape index (κ3) is 1.53. The van der Waals surface area contributed by atoms with Gasteiger partial charge in [-0.3, -0.25) is 0 Å². The predicted molar refractivity (Wildman–Crippen MR) is 54.4 cm³/mol. The zero-order chi connectivity index (χ0) is 10.1. The fraction of sp³-hybridized carbons (Fsp3) is 0.455. The number of rotatable bonds is 2. The Balaban J connectivity index is 2.48. The molecule has 0 unspecified atom stereocenters. The summed E-state index contributed by atoms with van der Waals surface area (Å²) in [5.41, 5.74) is 14.6. The molecule has 2 nitrogen and oxygen atoms in total. The van der Waals surface area contributed by atoms with Gasteiger partial charge in [0.25, 0.3) is 0 Å². The molecule has 2 rings (SSSR count). The van der Waals surface area contributed by atoms with Crippen molar-refractivity contribution >= 4 is 0 Å². The van der Waals surface area contributed by atoms with Gasteiger partial charge in [0.15, 0.2) is 0 Å². The maximum absolute atomic E-state index is 13.2.